The maximum Gasteiger partial charge on any atom is 0.286 e. The molecule has 0 heterocycles. The third-order valence-electron chi connectivity index (χ3n) is 1.49. The summed E-state index contributed by atoms with van der Waals surface area (Å²) in [5.41, 5.74) is -0.992. The normalized spacial score (nSPS) is 11.5. The van der Waals surface area contributed by atoms with Gasteiger partial charge in [-0.25, -0.2) is 0 Å². The van der Waals surface area contributed by atoms with Gasteiger partial charge in [0, 0.05) is 6.42 Å². The lowest BCUT2D eigenvalue weighted by Gasteiger charge is -2.27. The molecule has 0 aliphatic carbocycles. The van der Waals surface area contributed by atoms with E-state index in [0.717, 1.165) is 0 Å². The van der Waals surface area contributed by atoms with Gasteiger partial charge in [-0.1, -0.05) is 0 Å². The molecular weight excluding hydrogens is 152 g/mol. The molecule has 0 atom stereocenters. The Labute approximate surface area is 73.6 Å². The van der Waals surface area contributed by atoms with Crippen LogP contribution in [-0.4, -0.2) is 5.60 Å². The molecule has 0 aromatic carbocycles. The fourth-order valence-electron chi connectivity index (χ4n) is 1.26. The van der Waals surface area contributed by atoms with Crippen LogP contribution in [0.25, 0.3) is 0 Å². The van der Waals surface area contributed by atoms with E-state index in [9.17, 15) is 0 Å². The largest absolute Gasteiger partial charge is 0.421 e. The highest BCUT2D eigenvalue weighted by Crippen LogP contribution is 2.28. The predicted molar refractivity (Wildman–Crippen MR) is 44.8 cm³/mol. The van der Waals surface area contributed by atoms with Crippen molar-refractivity contribution in [2.45, 2.75) is 39.7 Å². The molecule has 0 amide bonds. The molecule has 0 bridgehead atoms. The minimum atomic E-state index is -0.548. The second-order valence-electron chi connectivity index (χ2n) is 4.13. The Morgan fingerprint density at radius 1 is 1.17 bits per heavy atom. The Kier molecular flexibility index (Phi) is 3.10. The molecule has 3 heteroatoms. The maximum absolute atomic E-state index is 8.74. The first-order chi connectivity index (χ1) is 5.33. The molecule has 0 fully saturated rings. The first kappa shape index (κ1) is 10.8. The number of rotatable bonds is 3. The van der Waals surface area contributed by atoms with E-state index in [0.29, 0.717) is 6.42 Å². The number of nitriles is 2. The third-order valence-corrected chi connectivity index (χ3v) is 1.49. The fraction of sp³-hybridized carbons (Fsp3) is 0.778. The molecular formula is C9H14N2O. The van der Waals surface area contributed by atoms with Crippen molar-refractivity contribution >= 4 is 0 Å². The minimum absolute atomic E-state index is 0.444. The quantitative estimate of drug-likeness (QED) is 0.604. The van der Waals surface area contributed by atoms with Crippen LogP contribution in [0.5, 0.6) is 0 Å². The zero-order chi connectivity index (χ0) is 9.83. The summed E-state index contributed by atoms with van der Waals surface area (Å²) in [6.45, 7) is 7.26. The Bertz CT molecular complexity index is 230. The fourth-order valence-corrected chi connectivity index (χ4v) is 1.26. The van der Waals surface area contributed by atoms with E-state index in [1.165, 1.54) is 0 Å². The van der Waals surface area contributed by atoms with Crippen LogP contribution < -0.4 is 0 Å². The van der Waals surface area contributed by atoms with Crippen LogP contribution in [0, 0.1) is 28.3 Å². The smallest absolute Gasteiger partial charge is 0.286 e. The Morgan fingerprint density at radius 2 is 1.67 bits per heavy atom. The van der Waals surface area contributed by atoms with E-state index < -0.39 is 11.0 Å². The van der Waals surface area contributed by atoms with Crippen LogP contribution in [0.1, 0.15) is 34.1 Å². The van der Waals surface area contributed by atoms with Gasteiger partial charge in [0.25, 0.3) is 6.26 Å². The van der Waals surface area contributed by atoms with Gasteiger partial charge in [0.15, 0.2) is 0 Å². The van der Waals surface area contributed by atoms with Crippen LogP contribution in [0.15, 0.2) is 0 Å². The van der Waals surface area contributed by atoms with Gasteiger partial charge < -0.3 is 4.74 Å². The molecule has 0 N–H and O–H groups in total. The van der Waals surface area contributed by atoms with Crippen molar-refractivity contribution in [1.29, 1.82) is 10.5 Å². The molecule has 0 aliphatic heterocycles. The first-order valence-corrected chi connectivity index (χ1v) is 3.81. The highest BCUT2D eigenvalue weighted by Gasteiger charge is 2.30. The van der Waals surface area contributed by atoms with Crippen molar-refractivity contribution in [3.05, 3.63) is 0 Å². The summed E-state index contributed by atoms with van der Waals surface area (Å²) in [4.78, 5) is 0. The molecule has 0 saturated carbocycles. The highest BCUT2D eigenvalue weighted by atomic mass is 16.5. The van der Waals surface area contributed by atoms with E-state index in [-0.39, 0.29) is 0 Å². The predicted octanol–water partition coefficient (Wildman–Crippen LogP) is 2.20. The van der Waals surface area contributed by atoms with Crippen molar-refractivity contribution in [2.75, 3.05) is 0 Å². The lowest BCUT2D eigenvalue weighted by Crippen LogP contribution is -2.29. The maximum atomic E-state index is 8.74. The van der Waals surface area contributed by atoms with Gasteiger partial charge in [-0.15, -0.1) is 0 Å². The van der Waals surface area contributed by atoms with Gasteiger partial charge in [-0.3, -0.25) is 0 Å². The summed E-state index contributed by atoms with van der Waals surface area (Å²) in [6, 6.07) is 2.17. The molecule has 66 valence electrons. The Balaban J connectivity index is 4.28. The lowest BCUT2D eigenvalue weighted by molar-refractivity contribution is 0.0397. The van der Waals surface area contributed by atoms with E-state index in [1.807, 2.05) is 13.8 Å². The number of hydrogen-bond donors (Lipinski definition) is 0. The lowest BCUT2D eigenvalue weighted by atomic mass is 9.83. The minimum Gasteiger partial charge on any atom is -0.421 e. The van der Waals surface area contributed by atoms with Crippen LogP contribution >= 0.6 is 0 Å². The van der Waals surface area contributed by atoms with Gasteiger partial charge in [0.1, 0.15) is 5.60 Å². The van der Waals surface area contributed by atoms with Gasteiger partial charge in [0.05, 0.1) is 11.5 Å². The van der Waals surface area contributed by atoms with Gasteiger partial charge in [0.2, 0.25) is 0 Å². The average molecular weight is 166 g/mol. The van der Waals surface area contributed by atoms with Crippen LogP contribution in [0.2, 0.25) is 0 Å². The highest BCUT2D eigenvalue weighted by molar-refractivity contribution is 4.96. The van der Waals surface area contributed by atoms with Crippen molar-refractivity contribution in [1.82, 2.24) is 0 Å². The molecule has 0 unspecified atom stereocenters. The standard InChI is InChI=1S/C9H14N2O/c1-8(2,6-10)5-9(3,4)12-7-11/h5H2,1-4H3. The van der Waals surface area contributed by atoms with Crippen LogP contribution in [-0.2, 0) is 4.74 Å². The summed E-state index contributed by atoms with van der Waals surface area (Å²) in [5, 5.41) is 17.1. The molecule has 0 saturated heterocycles. The van der Waals surface area contributed by atoms with E-state index in [4.69, 9.17) is 15.3 Å². The molecule has 0 aromatic rings. The van der Waals surface area contributed by atoms with E-state index >= 15 is 0 Å². The SMILES string of the molecule is CC(C)(C#N)CC(C)(C)OC#N. The molecule has 0 aromatic heterocycles. The van der Waals surface area contributed by atoms with Crippen molar-refractivity contribution in [2.24, 2.45) is 5.41 Å². The Hall–Kier alpha value is -1.22. The Morgan fingerprint density at radius 3 is 2.00 bits per heavy atom. The molecule has 0 radical (unpaired) electrons. The third kappa shape index (κ3) is 3.83. The summed E-state index contributed by atoms with van der Waals surface area (Å²) < 4.78 is 4.82. The number of ether oxygens (including phenoxy) is 1. The summed E-state index contributed by atoms with van der Waals surface area (Å²) in [6.07, 6.45) is 2.19. The zero-order valence-corrected chi connectivity index (χ0v) is 8.01. The summed E-state index contributed by atoms with van der Waals surface area (Å²) >= 11 is 0. The van der Waals surface area contributed by atoms with Crippen molar-refractivity contribution < 1.29 is 4.74 Å². The number of nitrogens with zero attached hydrogens (tertiary/aromatic N) is 2. The van der Waals surface area contributed by atoms with E-state index in [1.54, 1.807) is 20.1 Å². The van der Waals surface area contributed by atoms with Gasteiger partial charge in [-0.05, 0) is 27.7 Å². The van der Waals surface area contributed by atoms with Crippen molar-refractivity contribution in [3.8, 4) is 12.3 Å². The van der Waals surface area contributed by atoms with Crippen LogP contribution in [0.3, 0.4) is 0 Å². The topological polar surface area (TPSA) is 56.8 Å². The van der Waals surface area contributed by atoms with Gasteiger partial charge in [-0.2, -0.15) is 10.5 Å². The zero-order valence-electron chi connectivity index (χ0n) is 8.01. The van der Waals surface area contributed by atoms with Gasteiger partial charge >= 0.3 is 0 Å². The second kappa shape index (κ2) is 3.45. The average Bonchev–Trinajstić information content (AvgIpc) is 1.85. The molecule has 0 rings (SSSR count). The first-order valence-electron chi connectivity index (χ1n) is 3.81. The number of hydrogen-bond acceptors (Lipinski definition) is 3. The van der Waals surface area contributed by atoms with Crippen molar-refractivity contribution in [3.63, 3.8) is 0 Å². The molecule has 0 spiro atoms. The van der Waals surface area contributed by atoms with Crippen LogP contribution in [0.4, 0.5) is 0 Å². The summed E-state index contributed by atoms with van der Waals surface area (Å²) in [5.74, 6) is 0. The monoisotopic (exact) mass is 166 g/mol. The molecule has 0 aliphatic rings. The molecule has 3 nitrogen and oxygen atoms in total. The summed E-state index contributed by atoms with van der Waals surface area (Å²) in [7, 11) is 0. The van der Waals surface area contributed by atoms with E-state index in [2.05, 4.69) is 6.07 Å². The second-order valence-corrected chi connectivity index (χ2v) is 4.13. The molecule has 12 heavy (non-hydrogen) atoms.